The number of rotatable bonds is 6. The van der Waals surface area contributed by atoms with Crippen molar-refractivity contribution in [3.05, 3.63) is 0 Å². The lowest BCUT2D eigenvalue weighted by molar-refractivity contribution is 0.00795. The normalized spacial score (nSPS) is 18.6. The first-order chi connectivity index (χ1) is 6.60. The molecule has 0 aromatic heterocycles. The van der Waals surface area contributed by atoms with E-state index in [1.165, 1.54) is 38.5 Å². The van der Waals surface area contributed by atoms with E-state index in [9.17, 15) is 0 Å². The van der Waals surface area contributed by atoms with Crippen LogP contribution >= 0.6 is 0 Å². The highest BCUT2D eigenvalue weighted by atomic mass is 14.6. The van der Waals surface area contributed by atoms with Crippen molar-refractivity contribution in [1.82, 2.24) is 0 Å². The molecule has 1 saturated carbocycles. The molecule has 0 aromatic carbocycles. The van der Waals surface area contributed by atoms with Gasteiger partial charge in [0, 0.05) is 0 Å². The second-order valence-electron chi connectivity index (χ2n) is 5.41. The molecule has 0 aromatic rings. The maximum absolute atomic E-state index is 2.53. The largest absolute Gasteiger partial charge is 0.0648 e. The molecular weight excluding hydrogens is 168 g/mol. The topological polar surface area (TPSA) is 0 Å². The van der Waals surface area contributed by atoms with E-state index < -0.39 is 0 Å². The van der Waals surface area contributed by atoms with Crippen LogP contribution in [0.15, 0.2) is 0 Å². The van der Waals surface area contributed by atoms with Crippen LogP contribution in [0.3, 0.4) is 0 Å². The molecule has 0 spiro atoms. The third-order valence-corrected chi connectivity index (χ3v) is 5.38. The predicted octanol–water partition coefficient (Wildman–Crippen LogP) is 5.03. The molecule has 1 rings (SSSR count). The lowest BCUT2D eigenvalue weighted by atomic mass is 9.56. The van der Waals surface area contributed by atoms with E-state index in [0.717, 1.165) is 5.92 Å². The Morgan fingerprint density at radius 3 is 1.50 bits per heavy atom. The molecule has 0 radical (unpaired) electrons. The van der Waals surface area contributed by atoms with Gasteiger partial charge in [0.2, 0.25) is 0 Å². The first-order valence-corrected chi connectivity index (χ1v) is 6.60. The summed E-state index contributed by atoms with van der Waals surface area (Å²) < 4.78 is 0. The highest BCUT2D eigenvalue weighted by Gasteiger charge is 2.52. The Hall–Kier alpha value is 0. The molecular formula is C14H28. The average Bonchev–Trinajstić information content (AvgIpc) is 3.04. The van der Waals surface area contributed by atoms with Crippen LogP contribution in [-0.2, 0) is 0 Å². The lowest BCUT2D eigenvalue weighted by Gasteiger charge is -2.49. The number of hydrogen-bond donors (Lipinski definition) is 0. The first-order valence-electron chi connectivity index (χ1n) is 6.60. The van der Waals surface area contributed by atoms with Gasteiger partial charge in [-0.15, -0.1) is 0 Å². The summed E-state index contributed by atoms with van der Waals surface area (Å²) in [4.78, 5) is 0. The van der Waals surface area contributed by atoms with Gasteiger partial charge in [-0.2, -0.15) is 0 Å². The molecule has 0 bridgehead atoms. The molecule has 0 unspecified atom stereocenters. The van der Waals surface area contributed by atoms with E-state index in [-0.39, 0.29) is 0 Å². The molecule has 84 valence electrons. The van der Waals surface area contributed by atoms with Crippen molar-refractivity contribution in [3.8, 4) is 0 Å². The summed E-state index contributed by atoms with van der Waals surface area (Å²) in [5.74, 6) is 1.04. The molecule has 0 heterocycles. The zero-order chi connectivity index (χ0) is 10.8. The van der Waals surface area contributed by atoms with Gasteiger partial charge in [-0.05, 0) is 42.4 Å². The highest BCUT2D eigenvalue weighted by Crippen LogP contribution is 2.61. The fourth-order valence-electron chi connectivity index (χ4n) is 3.76. The van der Waals surface area contributed by atoms with Crippen LogP contribution in [0.2, 0.25) is 0 Å². The van der Waals surface area contributed by atoms with Crippen molar-refractivity contribution in [2.24, 2.45) is 16.7 Å². The van der Waals surface area contributed by atoms with Gasteiger partial charge in [0.15, 0.2) is 0 Å². The van der Waals surface area contributed by atoms with Crippen LogP contribution in [0.5, 0.6) is 0 Å². The van der Waals surface area contributed by atoms with Crippen LogP contribution in [0.1, 0.15) is 73.1 Å². The smallest absolute Gasteiger partial charge is 0.0221 e. The summed E-state index contributed by atoms with van der Waals surface area (Å²) in [6, 6.07) is 0. The summed E-state index contributed by atoms with van der Waals surface area (Å²) in [5, 5.41) is 0. The maximum atomic E-state index is 2.53. The minimum Gasteiger partial charge on any atom is -0.0648 e. The Morgan fingerprint density at radius 1 is 0.857 bits per heavy atom. The Labute approximate surface area is 90.5 Å². The predicted molar refractivity (Wildman–Crippen MR) is 64.4 cm³/mol. The van der Waals surface area contributed by atoms with Crippen molar-refractivity contribution >= 4 is 0 Å². The van der Waals surface area contributed by atoms with Gasteiger partial charge in [-0.25, -0.2) is 0 Å². The standard InChI is InChI=1S/C14H28/c1-6-13(5,7-2)14(8-3,9-4)12-10-11-12/h12H,6-11H2,1-5H3. The van der Waals surface area contributed by atoms with Crippen molar-refractivity contribution in [2.45, 2.75) is 73.1 Å². The molecule has 1 fully saturated rings. The third kappa shape index (κ3) is 1.61. The van der Waals surface area contributed by atoms with Gasteiger partial charge < -0.3 is 0 Å². The second kappa shape index (κ2) is 4.24. The first kappa shape index (κ1) is 12.1. The number of hydrogen-bond acceptors (Lipinski definition) is 0. The Kier molecular flexibility index (Phi) is 3.66. The van der Waals surface area contributed by atoms with Gasteiger partial charge in [0.25, 0.3) is 0 Å². The van der Waals surface area contributed by atoms with Crippen molar-refractivity contribution in [1.29, 1.82) is 0 Å². The zero-order valence-electron chi connectivity index (χ0n) is 10.8. The second-order valence-corrected chi connectivity index (χ2v) is 5.41. The fraction of sp³-hybridized carbons (Fsp3) is 1.00. The average molecular weight is 196 g/mol. The molecule has 0 aliphatic heterocycles. The van der Waals surface area contributed by atoms with Gasteiger partial charge in [-0.1, -0.05) is 47.5 Å². The van der Waals surface area contributed by atoms with Crippen LogP contribution in [-0.4, -0.2) is 0 Å². The Balaban J connectivity index is 2.93. The molecule has 0 nitrogen and oxygen atoms in total. The van der Waals surface area contributed by atoms with Crippen LogP contribution in [0.4, 0.5) is 0 Å². The van der Waals surface area contributed by atoms with E-state index in [2.05, 4.69) is 34.6 Å². The van der Waals surface area contributed by atoms with Gasteiger partial charge in [0.05, 0.1) is 0 Å². The summed E-state index contributed by atoms with van der Waals surface area (Å²) in [7, 11) is 0. The van der Waals surface area contributed by atoms with Crippen LogP contribution < -0.4 is 0 Å². The fourth-order valence-corrected chi connectivity index (χ4v) is 3.76. The molecule has 0 atom stereocenters. The molecule has 14 heavy (non-hydrogen) atoms. The summed E-state index contributed by atoms with van der Waals surface area (Å²) in [6.07, 6.45) is 8.45. The quantitative estimate of drug-likeness (QED) is 0.559. The monoisotopic (exact) mass is 196 g/mol. The summed E-state index contributed by atoms with van der Waals surface area (Å²) in [6.45, 7) is 12.1. The van der Waals surface area contributed by atoms with E-state index in [1.807, 2.05) is 0 Å². The highest BCUT2D eigenvalue weighted by molar-refractivity contribution is 5.01. The van der Waals surface area contributed by atoms with E-state index in [0.29, 0.717) is 10.8 Å². The van der Waals surface area contributed by atoms with Crippen molar-refractivity contribution in [2.75, 3.05) is 0 Å². The van der Waals surface area contributed by atoms with Gasteiger partial charge in [-0.3, -0.25) is 0 Å². The molecule has 0 heteroatoms. The van der Waals surface area contributed by atoms with Gasteiger partial charge >= 0.3 is 0 Å². The summed E-state index contributed by atoms with van der Waals surface area (Å²) >= 11 is 0. The van der Waals surface area contributed by atoms with E-state index in [4.69, 9.17) is 0 Å². The third-order valence-electron chi connectivity index (χ3n) is 5.38. The minimum absolute atomic E-state index is 0.581. The van der Waals surface area contributed by atoms with E-state index in [1.54, 1.807) is 0 Å². The molecule has 1 aliphatic rings. The molecule has 0 N–H and O–H groups in total. The maximum Gasteiger partial charge on any atom is -0.0221 e. The lowest BCUT2D eigenvalue weighted by Crippen LogP contribution is -2.40. The van der Waals surface area contributed by atoms with Crippen LogP contribution in [0, 0.1) is 16.7 Å². The van der Waals surface area contributed by atoms with Crippen molar-refractivity contribution < 1.29 is 0 Å². The van der Waals surface area contributed by atoms with Gasteiger partial charge in [0.1, 0.15) is 0 Å². The summed E-state index contributed by atoms with van der Waals surface area (Å²) in [5.41, 5.74) is 1.23. The van der Waals surface area contributed by atoms with Crippen LogP contribution in [0.25, 0.3) is 0 Å². The van der Waals surface area contributed by atoms with E-state index >= 15 is 0 Å². The molecule has 0 saturated heterocycles. The minimum atomic E-state index is 0.581. The zero-order valence-corrected chi connectivity index (χ0v) is 10.8. The molecule has 1 aliphatic carbocycles. The van der Waals surface area contributed by atoms with Crippen molar-refractivity contribution in [3.63, 3.8) is 0 Å². The Bertz CT molecular complexity index is 168. The molecule has 0 amide bonds. The Morgan fingerprint density at radius 2 is 1.29 bits per heavy atom. The SMILES string of the molecule is CCC(C)(CC)C(CC)(CC)C1CC1.